The number of hydrogen-bond donors (Lipinski definition) is 1. The van der Waals surface area contributed by atoms with Crippen molar-refractivity contribution in [2.45, 2.75) is 65.4 Å². The molecule has 0 spiro atoms. The number of halogens is 5. The van der Waals surface area contributed by atoms with Crippen LogP contribution in [0.3, 0.4) is 0 Å². The molecule has 2 rings (SSSR count). The van der Waals surface area contributed by atoms with Crippen LogP contribution >= 0.6 is 0 Å². The Bertz CT molecular complexity index is 946. The maximum Gasteiger partial charge on any atom is 0.311 e. The molecule has 1 N–H and O–H groups in total. The van der Waals surface area contributed by atoms with Crippen LogP contribution in [0.15, 0.2) is 0 Å². The lowest BCUT2D eigenvalue weighted by molar-refractivity contribution is -0.244. The Morgan fingerprint density at radius 2 is 1.47 bits per heavy atom. The Labute approximate surface area is 204 Å². The number of rotatable bonds is 10. The van der Waals surface area contributed by atoms with Gasteiger partial charge in [0.25, 0.3) is 0 Å². The molecule has 1 aliphatic heterocycles. The van der Waals surface area contributed by atoms with Crippen LogP contribution in [0.4, 0.5) is 22.0 Å². The van der Waals surface area contributed by atoms with Crippen molar-refractivity contribution in [3.05, 3.63) is 29.1 Å². The second-order valence-electron chi connectivity index (χ2n) is 8.49. The average Bonchev–Trinajstić information content (AvgIpc) is 2.82. The van der Waals surface area contributed by atoms with Gasteiger partial charge in [0.05, 0.1) is 12.1 Å². The minimum absolute atomic E-state index is 0.00295. The average molecular weight is 525 g/mol. The normalized spacial score (nSPS) is 23.8. The van der Waals surface area contributed by atoms with Gasteiger partial charge in [-0.25, -0.2) is 13.2 Å². The van der Waals surface area contributed by atoms with Crippen molar-refractivity contribution in [3.63, 3.8) is 0 Å². The van der Waals surface area contributed by atoms with Gasteiger partial charge >= 0.3 is 11.9 Å². The van der Waals surface area contributed by atoms with Gasteiger partial charge in [-0.1, -0.05) is 13.8 Å². The number of ether oxygens (including phenoxy) is 4. The maximum atomic E-state index is 13.6. The summed E-state index contributed by atoms with van der Waals surface area (Å²) in [6.45, 7) is 6.42. The summed E-state index contributed by atoms with van der Waals surface area (Å²) in [7, 11) is 0. The number of benzene rings is 1. The minimum atomic E-state index is -2.36. The molecule has 1 amide bonds. The quantitative estimate of drug-likeness (QED) is 0.125. The van der Waals surface area contributed by atoms with E-state index in [1.165, 1.54) is 13.8 Å². The van der Waals surface area contributed by atoms with Gasteiger partial charge in [0.1, 0.15) is 6.61 Å². The molecular formula is C23H28F5NO7. The lowest BCUT2D eigenvalue weighted by atomic mass is 9.82. The molecular weight excluding hydrogens is 497 g/mol. The van der Waals surface area contributed by atoms with Gasteiger partial charge in [-0.3, -0.25) is 14.4 Å². The molecule has 1 heterocycles. The molecule has 5 atom stereocenters. The van der Waals surface area contributed by atoms with E-state index in [9.17, 15) is 36.3 Å². The third kappa shape index (κ3) is 7.36. The van der Waals surface area contributed by atoms with Crippen LogP contribution in [0.2, 0.25) is 0 Å². The molecule has 0 bridgehead atoms. The largest absolute Gasteiger partial charge is 0.463 e. The smallest absolute Gasteiger partial charge is 0.311 e. The summed E-state index contributed by atoms with van der Waals surface area (Å²) >= 11 is 0. The Morgan fingerprint density at radius 1 is 0.889 bits per heavy atom. The lowest BCUT2D eigenvalue weighted by Gasteiger charge is -2.44. The van der Waals surface area contributed by atoms with Gasteiger partial charge in [0.2, 0.25) is 40.7 Å². The zero-order valence-electron chi connectivity index (χ0n) is 20.2. The van der Waals surface area contributed by atoms with Gasteiger partial charge in [-0.2, -0.15) is 8.78 Å². The van der Waals surface area contributed by atoms with E-state index >= 15 is 0 Å². The third-order valence-corrected chi connectivity index (χ3v) is 5.85. The molecule has 0 aliphatic carbocycles. The van der Waals surface area contributed by atoms with Crippen molar-refractivity contribution in [2.24, 2.45) is 11.8 Å². The van der Waals surface area contributed by atoms with Gasteiger partial charge in [-0.15, -0.1) is 0 Å². The fourth-order valence-corrected chi connectivity index (χ4v) is 3.67. The number of esters is 2. The SMILES string of the molecule is CC(=O)NC1[C@H](OCCCCC(=O)Oc2c(F)c(F)c(F)c(F)c2F)OC(COC(C)=O)[C@H](C)[C@@H]1C. The number of unbranched alkanes of at least 4 members (excludes halogenated alkanes) is 1. The van der Waals surface area contributed by atoms with E-state index in [1.54, 1.807) is 0 Å². The molecule has 36 heavy (non-hydrogen) atoms. The summed E-state index contributed by atoms with van der Waals surface area (Å²) in [6, 6.07) is -0.509. The van der Waals surface area contributed by atoms with Crippen molar-refractivity contribution in [2.75, 3.05) is 13.2 Å². The Balaban J connectivity index is 1.90. The second kappa shape index (κ2) is 12.9. The number of amides is 1. The van der Waals surface area contributed by atoms with Gasteiger partial charge in [0, 0.05) is 26.9 Å². The van der Waals surface area contributed by atoms with Crippen LogP contribution in [0.25, 0.3) is 0 Å². The second-order valence-corrected chi connectivity index (χ2v) is 8.49. The monoisotopic (exact) mass is 525 g/mol. The van der Waals surface area contributed by atoms with E-state index < -0.39 is 71.6 Å². The fraction of sp³-hybridized carbons (Fsp3) is 0.609. The molecule has 0 saturated carbocycles. The van der Waals surface area contributed by atoms with Crippen LogP contribution in [-0.4, -0.2) is 49.5 Å². The molecule has 13 heteroatoms. The van der Waals surface area contributed by atoms with Crippen LogP contribution in [0.1, 0.15) is 47.0 Å². The lowest BCUT2D eigenvalue weighted by Crippen LogP contribution is -2.58. The zero-order valence-corrected chi connectivity index (χ0v) is 20.2. The van der Waals surface area contributed by atoms with Gasteiger partial charge in [-0.05, 0) is 24.7 Å². The zero-order chi connectivity index (χ0) is 27.2. The number of nitrogens with one attached hydrogen (secondary N) is 1. The maximum absolute atomic E-state index is 13.6. The van der Waals surface area contributed by atoms with Crippen molar-refractivity contribution in [3.8, 4) is 5.75 Å². The molecule has 1 aromatic carbocycles. The number of hydrogen-bond acceptors (Lipinski definition) is 7. The molecule has 0 aromatic heterocycles. The molecule has 2 unspecified atom stereocenters. The van der Waals surface area contributed by atoms with Crippen LogP contribution in [0, 0.1) is 40.9 Å². The van der Waals surface area contributed by atoms with Crippen molar-refractivity contribution in [1.29, 1.82) is 0 Å². The molecule has 202 valence electrons. The molecule has 0 radical (unpaired) electrons. The van der Waals surface area contributed by atoms with E-state index in [0.29, 0.717) is 0 Å². The number of carbonyl (C=O) groups is 3. The summed E-state index contributed by atoms with van der Waals surface area (Å²) in [5, 5.41) is 2.78. The minimum Gasteiger partial charge on any atom is -0.463 e. The van der Waals surface area contributed by atoms with Crippen LogP contribution < -0.4 is 10.1 Å². The highest BCUT2D eigenvalue weighted by molar-refractivity contribution is 5.73. The van der Waals surface area contributed by atoms with Crippen molar-refractivity contribution in [1.82, 2.24) is 5.32 Å². The van der Waals surface area contributed by atoms with E-state index in [0.717, 1.165) is 0 Å². The molecule has 1 aliphatic rings. The first-order chi connectivity index (χ1) is 16.8. The van der Waals surface area contributed by atoms with E-state index in [-0.39, 0.29) is 43.8 Å². The first-order valence-electron chi connectivity index (χ1n) is 11.2. The van der Waals surface area contributed by atoms with Crippen molar-refractivity contribution < 1.29 is 55.3 Å². The first kappa shape index (κ1) is 29.4. The predicted octanol–water partition coefficient (Wildman–Crippen LogP) is 3.54. The molecule has 1 aromatic rings. The molecule has 8 nitrogen and oxygen atoms in total. The summed E-state index contributed by atoms with van der Waals surface area (Å²) < 4.78 is 87.9. The molecule has 1 fully saturated rings. The first-order valence-corrected chi connectivity index (χ1v) is 11.2. The predicted molar refractivity (Wildman–Crippen MR) is 113 cm³/mol. The van der Waals surface area contributed by atoms with Crippen molar-refractivity contribution >= 4 is 17.8 Å². The van der Waals surface area contributed by atoms with Gasteiger partial charge < -0.3 is 24.3 Å². The highest BCUT2D eigenvalue weighted by Gasteiger charge is 2.43. The summed E-state index contributed by atoms with van der Waals surface area (Å²) in [6.07, 6.45) is -1.45. The Hall–Kier alpha value is -2.80. The van der Waals surface area contributed by atoms with E-state index in [2.05, 4.69) is 10.1 Å². The van der Waals surface area contributed by atoms with Crippen LogP contribution in [0.5, 0.6) is 5.75 Å². The van der Waals surface area contributed by atoms with Gasteiger partial charge in [0.15, 0.2) is 6.29 Å². The highest BCUT2D eigenvalue weighted by atomic mass is 19.2. The Morgan fingerprint density at radius 3 is 2.03 bits per heavy atom. The summed E-state index contributed by atoms with van der Waals surface area (Å²) in [5.41, 5.74) is 0. The van der Waals surface area contributed by atoms with Crippen LogP contribution in [-0.2, 0) is 28.6 Å². The summed E-state index contributed by atoms with van der Waals surface area (Å²) in [5.74, 6) is -15.1. The highest BCUT2D eigenvalue weighted by Crippen LogP contribution is 2.32. The fourth-order valence-electron chi connectivity index (χ4n) is 3.67. The van der Waals surface area contributed by atoms with E-state index in [1.807, 2.05) is 13.8 Å². The summed E-state index contributed by atoms with van der Waals surface area (Å²) in [4.78, 5) is 34.7. The standard InChI is InChI=1S/C23H28F5NO7/c1-10-11(2)21(29-12(3)30)23(35-14(10)9-34-13(4)31)33-8-6-5-7-15(32)36-22-19(27)17(25)16(24)18(26)20(22)28/h10-11,14,21,23H,5-9H2,1-4H3,(H,29,30)/t10-,11+,14?,21?,23-/m1/s1. The van der Waals surface area contributed by atoms with E-state index in [4.69, 9.17) is 14.2 Å². The Kier molecular flexibility index (Phi) is 10.6. The molecule has 1 saturated heterocycles. The third-order valence-electron chi connectivity index (χ3n) is 5.85. The number of carbonyl (C=O) groups excluding carboxylic acids is 3. The topological polar surface area (TPSA) is 100 Å².